The van der Waals surface area contributed by atoms with Gasteiger partial charge in [0.2, 0.25) is 5.91 Å². The second kappa shape index (κ2) is 8.58. The number of anilines is 2. The van der Waals surface area contributed by atoms with E-state index in [1.165, 1.54) is 6.92 Å². The molecule has 1 aliphatic rings. The number of hydrogen-bond acceptors (Lipinski definition) is 5. The molecule has 1 heterocycles. The number of carbonyl (C=O) groups is 2. The lowest BCUT2D eigenvalue weighted by molar-refractivity contribution is -0.129. The summed E-state index contributed by atoms with van der Waals surface area (Å²) in [4.78, 5) is 28.1. The second-order valence-corrected chi connectivity index (χ2v) is 6.53. The minimum Gasteiger partial charge on any atom is -0.495 e. The maximum atomic E-state index is 12.5. The van der Waals surface area contributed by atoms with Gasteiger partial charge in [0.15, 0.2) is 5.78 Å². The summed E-state index contributed by atoms with van der Waals surface area (Å²) in [5.41, 5.74) is 2.48. The number of rotatable bonds is 6. The molecule has 0 bridgehead atoms. The molecular formula is C21H25N3O3. The molecule has 0 aliphatic carbocycles. The van der Waals surface area contributed by atoms with Gasteiger partial charge in [-0.3, -0.25) is 9.59 Å². The Bertz CT molecular complexity index is 814. The number of ketones is 1. The number of carbonyl (C=O) groups excluding carboxylic acids is 2. The zero-order chi connectivity index (χ0) is 19.2. The molecule has 0 atom stereocenters. The van der Waals surface area contributed by atoms with Gasteiger partial charge in [0.25, 0.3) is 0 Å². The highest BCUT2D eigenvalue weighted by Crippen LogP contribution is 2.28. The number of para-hydroxylation sites is 2. The number of nitrogens with one attached hydrogen (secondary N) is 1. The standard InChI is InChI=1S/C21H25N3O3/c1-16(25)17-6-5-7-18(14-17)22-15-21(26)24-12-10-23(11-13-24)19-8-3-4-9-20(19)27-2/h3-9,14,22H,10-13,15H2,1-2H3. The van der Waals surface area contributed by atoms with Crippen LogP contribution in [0.1, 0.15) is 17.3 Å². The summed E-state index contributed by atoms with van der Waals surface area (Å²) in [6.07, 6.45) is 0. The molecule has 0 radical (unpaired) electrons. The molecule has 1 amide bonds. The lowest BCUT2D eigenvalue weighted by atomic mass is 10.1. The average Bonchev–Trinajstić information content (AvgIpc) is 2.72. The van der Waals surface area contributed by atoms with Gasteiger partial charge < -0.3 is 19.9 Å². The summed E-state index contributed by atoms with van der Waals surface area (Å²) in [6, 6.07) is 15.2. The van der Waals surface area contributed by atoms with Crippen molar-refractivity contribution in [2.24, 2.45) is 0 Å². The maximum absolute atomic E-state index is 12.5. The number of methoxy groups -OCH3 is 1. The molecule has 142 valence electrons. The Morgan fingerprint density at radius 2 is 1.78 bits per heavy atom. The summed E-state index contributed by atoms with van der Waals surface area (Å²) < 4.78 is 5.43. The van der Waals surface area contributed by atoms with Gasteiger partial charge in [0.05, 0.1) is 19.3 Å². The molecular weight excluding hydrogens is 342 g/mol. The average molecular weight is 367 g/mol. The largest absolute Gasteiger partial charge is 0.495 e. The molecule has 27 heavy (non-hydrogen) atoms. The molecule has 1 aliphatic heterocycles. The molecule has 1 fully saturated rings. The van der Waals surface area contributed by atoms with Gasteiger partial charge in [0, 0.05) is 37.4 Å². The van der Waals surface area contributed by atoms with Gasteiger partial charge >= 0.3 is 0 Å². The Balaban J connectivity index is 1.53. The van der Waals surface area contributed by atoms with Crippen molar-refractivity contribution in [1.82, 2.24) is 4.90 Å². The van der Waals surface area contributed by atoms with Crippen LogP contribution in [0.25, 0.3) is 0 Å². The van der Waals surface area contributed by atoms with Crippen LogP contribution < -0.4 is 15.0 Å². The number of Topliss-reactive ketones (excluding diaryl/α,β-unsaturated/α-hetero) is 1. The van der Waals surface area contributed by atoms with Crippen molar-refractivity contribution in [3.8, 4) is 5.75 Å². The minimum atomic E-state index is 0.0115. The van der Waals surface area contributed by atoms with Crippen LogP contribution in [0.4, 0.5) is 11.4 Å². The molecule has 0 unspecified atom stereocenters. The third-order valence-corrected chi connectivity index (χ3v) is 4.77. The van der Waals surface area contributed by atoms with E-state index in [1.54, 1.807) is 19.2 Å². The van der Waals surface area contributed by atoms with Crippen LogP contribution in [0.15, 0.2) is 48.5 Å². The molecule has 0 spiro atoms. The fourth-order valence-corrected chi connectivity index (χ4v) is 3.23. The van der Waals surface area contributed by atoms with Crippen molar-refractivity contribution in [1.29, 1.82) is 0 Å². The van der Waals surface area contributed by atoms with E-state index in [0.717, 1.165) is 30.2 Å². The molecule has 6 heteroatoms. The van der Waals surface area contributed by atoms with Crippen LogP contribution >= 0.6 is 0 Å². The van der Waals surface area contributed by atoms with Crippen molar-refractivity contribution in [3.05, 3.63) is 54.1 Å². The first-order valence-electron chi connectivity index (χ1n) is 9.09. The first-order chi connectivity index (χ1) is 13.1. The van der Waals surface area contributed by atoms with E-state index in [9.17, 15) is 9.59 Å². The van der Waals surface area contributed by atoms with Crippen molar-refractivity contribution >= 4 is 23.1 Å². The zero-order valence-corrected chi connectivity index (χ0v) is 15.8. The summed E-state index contributed by atoms with van der Waals surface area (Å²) in [6.45, 7) is 4.64. The Hall–Kier alpha value is -3.02. The first kappa shape index (κ1) is 18.8. The highest BCUT2D eigenvalue weighted by atomic mass is 16.5. The Kier molecular flexibility index (Phi) is 5.96. The van der Waals surface area contributed by atoms with Crippen molar-refractivity contribution in [2.45, 2.75) is 6.92 Å². The topological polar surface area (TPSA) is 61.9 Å². The Morgan fingerprint density at radius 1 is 1.04 bits per heavy atom. The summed E-state index contributed by atoms with van der Waals surface area (Å²) >= 11 is 0. The molecule has 2 aromatic rings. The first-order valence-corrected chi connectivity index (χ1v) is 9.09. The van der Waals surface area contributed by atoms with Crippen LogP contribution in [0.3, 0.4) is 0 Å². The van der Waals surface area contributed by atoms with Gasteiger partial charge in [-0.05, 0) is 31.2 Å². The minimum absolute atomic E-state index is 0.0115. The Labute approximate surface area is 159 Å². The van der Waals surface area contributed by atoms with Crippen molar-refractivity contribution in [2.75, 3.05) is 50.1 Å². The number of piperazine rings is 1. The smallest absolute Gasteiger partial charge is 0.241 e. The number of benzene rings is 2. The molecule has 1 N–H and O–H groups in total. The van der Waals surface area contributed by atoms with Gasteiger partial charge in [0.1, 0.15) is 5.75 Å². The van der Waals surface area contributed by atoms with Crippen LogP contribution in [0.2, 0.25) is 0 Å². The third-order valence-electron chi connectivity index (χ3n) is 4.77. The van der Waals surface area contributed by atoms with E-state index >= 15 is 0 Å². The highest BCUT2D eigenvalue weighted by molar-refractivity contribution is 5.95. The van der Waals surface area contributed by atoms with Crippen LogP contribution in [-0.4, -0.2) is 56.4 Å². The lowest BCUT2D eigenvalue weighted by Gasteiger charge is -2.36. The van der Waals surface area contributed by atoms with Gasteiger partial charge in [-0.2, -0.15) is 0 Å². The van der Waals surface area contributed by atoms with E-state index in [1.807, 2.05) is 41.3 Å². The maximum Gasteiger partial charge on any atom is 0.241 e. The molecule has 0 aromatic heterocycles. The second-order valence-electron chi connectivity index (χ2n) is 6.53. The normalized spacial score (nSPS) is 14.0. The third kappa shape index (κ3) is 4.58. The van der Waals surface area contributed by atoms with E-state index in [0.29, 0.717) is 18.7 Å². The predicted octanol–water partition coefficient (Wildman–Crippen LogP) is 2.66. The zero-order valence-electron chi connectivity index (χ0n) is 15.8. The number of amides is 1. The quantitative estimate of drug-likeness (QED) is 0.796. The lowest BCUT2D eigenvalue weighted by Crippen LogP contribution is -2.50. The van der Waals surface area contributed by atoms with Crippen LogP contribution in [0.5, 0.6) is 5.75 Å². The van der Waals surface area contributed by atoms with E-state index < -0.39 is 0 Å². The summed E-state index contributed by atoms with van der Waals surface area (Å²) in [5, 5.41) is 3.12. The van der Waals surface area contributed by atoms with Crippen LogP contribution in [-0.2, 0) is 4.79 Å². The fourth-order valence-electron chi connectivity index (χ4n) is 3.23. The fraction of sp³-hybridized carbons (Fsp3) is 0.333. The van der Waals surface area contributed by atoms with Gasteiger partial charge in [-0.1, -0.05) is 24.3 Å². The van der Waals surface area contributed by atoms with Gasteiger partial charge in [-0.15, -0.1) is 0 Å². The molecule has 3 rings (SSSR count). The number of ether oxygens (including phenoxy) is 1. The van der Waals surface area contributed by atoms with E-state index in [-0.39, 0.29) is 18.2 Å². The van der Waals surface area contributed by atoms with E-state index in [4.69, 9.17) is 4.74 Å². The number of hydrogen-bond donors (Lipinski definition) is 1. The summed E-state index contributed by atoms with van der Waals surface area (Å²) in [5.74, 6) is 0.921. The Morgan fingerprint density at radius 3 is 2.48 bits per heavy atom. The van der Waals surface area contributed by atoms with Crippen molar-refractivity contribution in [3.63, 3.8) is 0 Å². The molecule has 0 saturated carbocycles. The van der Waals surface area contributed by atoms with E-state index in [2.05, 4.69) is 10.2 Å². The summed E-state index contributed by atoms with van der Waals surface area (Å²) in [7, 11) is 1.67. The monoisotopic (exact) mass is 367 g/mol. The molecule has 2 aromatic carbocycles. The molecule has 1 saturated heterocycles. The predicted molar refractivity (Wildman–Crippen MR) is 107 cm³/mol. The van der Waals surface area contributed by atoms with Crippen molar-refractivity contribution < 1.29 is 14.3 Å². The number of nitrogens with zero attached hydrogens (tertiary/aromatic N) is 2. The van der Waals surface area contributed by atoms with Crippen LogP contribution in [0, 0.1) is 0 Å². The SMILES string of the molecule is COc1ccccc1N1CCN(C(=O)CNc2cccc(C(C)=O)c2)CC1. The highest BCUT2D eigenvalue weighted by Gasteiger charge is 2.22. The van der Waals surface area contributed by atoms with Gasteiger partial charge in [-0.25, -0.2) is 0 Å². The molecule has 6 nitrogen and oxygen atoms in total.